The molecule has 7 heteroatoms. The highest BCUT2D eigenvalue weighted by atomic mass is 16.5. The van der Waals surface area contributed by atoms with Crippen molar-refractivity contribution in [2.75, 3.05) is 26.4 Å². The molecule has 7 nitrogen and oxygen atoms in total. The first kappa shape index (κ1) is 20.9. The molecule has 0 spiro atoms. The van der Waals surface area contributed by atoms with Gasteiger partial charge in [-0.3, -0.25) is 9.69 Å². The molecule has 0 aliphatic carbocycles. The molecule has 0 saturated carbocycles. The number of rotatable bonds is 11. The van der Waals surface area contributed by atoms with Gasteiger partial charge in [-0.2, -0.15) is 0 Å². The van der Waals surface area contributed by atoms with Gasteiger partial charge >= 0.3 is 6.03 Å². The molecular formula is C20H30N2O5. The summed E-state index contributed by atoms with van der Waals surface area (Å²) < 4.78 is 17.1. The van der Waals surface area contributed by atoms with Gasteiger partial charge in [-0.15, -0.1) is 0 Å². The number of benzene rings is 1. The van der Waals surface area contributed by atoms with E-state index in [-0.39, 0.29) is 11.9 Å². The first-order valence-electron chi connectivity index (χ1n) is 9.72. The molecule has 1 aromatic carbocycles. The van der Waals surface area contributed by atoms with Crippen LogP contribution in [0, 0.1) is 0 Å². The Kier molecular flexibility index (Phi) is 7.76. The molecule has 1 N–H and O–H groups in total. The third-order valence-electron chi connectivity index (χ3n) is 4.29. The van der Waals surface area contributed by atoms with Crippen LogP contribution in [0.4, 0.5) is 4.79 Å². The molecule has 1 heterocycles. The van der Waals surface area contributed by atoms with Gasteiger partial charge in [0.2, 0.25) is 0 Å². The molecule has 3 amide bonds. The van der Waals surface area contributed by atoms with Crippen LogP contribution in [0.1, 0.15) is 46.1 Å². The first-order valence-corrected chi connectivity index (χ1v) is 9.72. The zero-order chi connectivity index (χ0) is 19.8. The summed E-state index contributed by atoms with van der Waals surface area (Å²) in [6.45, 7) is 9.67. The maximum atomic E-state index is 12.6. The second-order valence-electron chi connectivity index (χ2n) is 6.26. The standard InChI is InChI=1S/C20H30N2O5/c1-5-9-10-22-19(23)15(21-20(22)24)11-14-12-17(26-7-3)18(27-8-4)13-16(14)25-6-2/h12-13,15H,5-11H2,1-4H3,(H,21,24). The summed E-state index contributed by atoms with van der Waals surface area (Å²) in [5.41, 5.74) is 0.805. The van der Waals surface area contributed by atoms with Crippen molar-refractivity contribution in [3.05, 3.63) is 17.7 Å². The summed E-state index contributed by atoms with van der Waals surface area (Å²) in [7, 11) is 0. The van der Waals surface area contributed by atoms with E-state index in [9.17, 15) is 9.59 Å². The summed E-state index contributed by atoms with van der Waals surface area (Å²) in [4.78, 5) is 26.0. The number of carbonyl (C=O) groups is 2. The number of nitrogens with zero attached hydrogens (tertiary/aromatic N) is 1. The van der Waals surface area contributed by atoms with Gasteiger partial charge in [0, 0.05) is 24.6 Å². The van der Waals surface area contributed by atoms with Crippen molar-refractivity contribution >= 4 is 11.9 Å². The average Bonchev–Trinajstić information content (AvgIpc) is 2.90. The van der Waals surface area contributed by atoms with E-state index in [1.165, 1.54) is 4.90 Å². The van der Waals surface area contributed by atoms with Crippen LogP contribution in [0.25, 0.3) is 0 Å². The Hall–Kier alpha value is -2.44. The van der Waals surface area contributed by atoms with Gasteiger partial charge in [0.15, 0.2) is 11.5 Å². The molecule has 0 aromatic heterocycles. The number of ether oxygens (including phenoxy) is 3. The fraction of sp³-hybridized carbons (Fsp3) is 0.600. The highest BCUT2D eigenvalue weighted by Gasteiger charge is 2.38. The van der Waals surface area contributed by atoms with Crippen LogP contribution >= 0.6 is 0 Å². The van der Waals surface area contributed by atoms with Crippen LogP contribution in [0.2, 0.25) is 0 Å². The lowest BCUT2D eigenvalue weighted by Gasteiger charge is -2.18. The minimum absolute atomic E-state index is 0.192. The van der Waals surface area contributed by atoms with Gasteiger partial charge in [0.1, 0.15) is 11.8 Å². The van der Waals surface area contributed by atoms with Crippen LogP contribution in [-0.4, -0.2) is 49.2 Å². The summed E-state index contributed by atoms with van der Waals surface area (Å²) in [5.74, 6) is 1.66. The zero-order valence-corrected chi connectivity index (χ0v) is 16.7. The molecule has 1 aromatic rings. The molecule has 2 rings (SSSR count). The van der Waals surface area contributed by atoms with E-state index in [0.717, 1.165) is 18.4 Å². The van der Waals surface area contributed by atoms with E-state index in [0.29, 0.717) is 50.0 Å². The largest absolute Gasteiger partial charge is 0.493 e. The van der Waals surface area contributed by atoms with Crippen LogP contribution in [0.3, 0.4) is 0 Å². The second-order valence-corrected chi connectivity index (χ2v) is 6.26. The Morgan fingerprint density at radius 1 is 0.926 bits per heavy atom. The van der Waals surface area contributed by atoms with E-state index in [2.05, 4.69) is 5.32 Å². The predicted octanol–water partition coefficient (Wildman–Crippen LogP) is 3.15. The van der Waals surface area contributed by atoms with E-state index >= 15 is 0 Å². The zero-order valence-electron chi connectivity index (χ0n) is 16.7. The molecule has 27 heavy (non-hydrogen) atoms. The van der Waals surface area contributed by atoms with Crippen LogP contribution in [0.5, 0.6) is 17.2 Å². The average molecular weight is 378 g/mol. The summed E-state index contributed by atoms with van der Waals surface area (Å²) in [6, 6.07) is 2.71. The number of imide groups is 1. The van der Waals surface area contributed by atoms with Gasteiger partial charge in [0.25, 0.3) is 5.91 Å². The normalized spacial score (nSPS) is 16.4. The molecule has 1 fully saturated rings. The molecule has 150 valence electrons. The van der Waals surface area contributed by atoms with E-state index < -0.39 is 6.04 Å². The Bertz CT molecular complexity index is 662. The number of urea groups is 1. The Labute approximate surface area is 161 Å². The lowest BCUT2D eigenvalue weighted by Crippen LogP contribution is -2.33. The third kappa shape index (κ3) is 5.05. The molecule has 1 aliphatic rings. The van der Waals surface area contributed by atoms with Gasteiger partial charge in [-0.05, 0) is 33.3 Å². The Morgan fingerprint density at radius 2 is 1.52 bits per heavy atom. The summed E-state index contributed by atoms with van der Waals surface area (Å²) in [5, 5.41) is 2.78. The second kappa shape index (κ2) is 10.0. The number of amides is 3. The van der Waals surface area contributed by atoms with Crippen molar-refractivity contribution in [2.24, 2.45) is 0 Å². The maximum absolute atomic E-state index is 12.6. The minimum Gasteiger partial charge on any atom is -0.493 e. The Morgan fingerprint density at radius 3 is 2.11 bits per heavy atom. The van der Waals surface area contributed by atoms with E-state index in [4.69, 9.17) is 14.2 Å². The van der Waals surface area contributed by atoms with Crippen molar-refractivity contribution in [3.63, 3.8) is 0 Å². The van der Waals surface area contributed by atoms with Crippen molar-refractivity contribution in [1.29, 1.82) is 0 Å². The smallest absolute Gasteiger partial charge is 0.324 e. The topological polar surface area (TPSA) is 77.1 Å². The fourth-order valence-electron chi connectivity index (χ4n) is 3.03. The first-order chi connectivity index (χ1) is 13.0. The molecule has 1 atom stereocenters. The SMILES string of the molecule is CCCCN1C(=O)NC(Cc2cc(OCC)c(OCC)cc2OCC)C1=O. The van der Waals surface area contributed by atoms with E-state index in [1.54, 1.807) is 6.07 Å². The van der Waals surface area contributed by atoms with Crippen molar-refractivity contribution in [2.45, 2.75) is 53.0 Å². The summed E-state index contributed by atoms with van der Waals surface area (Å²) >= 11 is 0. The van der Waals surface area contributed by atoms with Gasteiger partial charge in [-0.25, -0.2) is 4.79 Å². The quantitative estimate of drug-likeness (QED) is 0.599. The monoisotopic (exact) mass is 378 g/mol. The molecule has 0 bridgehead atoms. The highest BCUT2D eigenvalue weighted by Crippen LogP contribution is 2.36. The van der Waals surface area contributed by atoms with Crippen LogP contribution in [0.15, 0.2) is 12.1 Å². The van der Waals surface area contributed by atoms with Gasteiger partial charge < -0.3 is 19.5 Å². The number of hydrogen-bond donors (Lipinski definition) is 1. The summed E-state index contributed by atoms with van der Waals surface area (Å²) in [6.07, 6.45) is 2.06. The highest BCUT2D eigenvalue weighted by molar-refractivity contribution is 6.04. The third-order valence-corrected chi connectivity index (χ3v) is 4.29. The van der Waals surface area contributed by atoms with Crippen molar-refractivity contribution in [3.8, 4) is 17.2 Å². The van der Waals surface area contributed by atoms with Gasteiger partial charge in [-0.1, -0.05) is 13.3 Å². The van der Waals surface area contributed by atoms with Gasteiger partial charge in [0.05, 0.1) is 19.8 Å². The molecule has 1 aliphatic heterocycles. The fourth-order valence-corrected chi connectivity index (χ4v) is 3.03. The number of carbonyl (C=O) groups excluding carboxylic acids is 2. The van der Waals surface area contributed by atoms with Crippen molar-refractivity contribution in [1.82, 2.24) is 10.2 Å². The molecule has 0 radical (unpaired) electrons. The molecule has 1 saturated heterocycles. The van der Waals surface area contributed by atoms with Crippen LogP contribution < -0.4 is 19.5 Å². The lowest BCUT2D eigenvalue weighted by atomic mass is 10.0. The maximum Gasteiger partial charge on any atom is 0.324 e. The number of nitrogens with one attached hydrogen (secondary N) is 1. The number of unbranched alkanes of at least 4 members (excludes halogenated alkanes) is 1. The van der Waals surface area contributed by atoms with Crippen LogP contribution in [-0.2, 0) is 11.2 Å². The minimum atomic E-state index is -0.596. The lowest BCUT2D eigenvalue weighted by molar-refractivity contribution is -0.127. The van der Waals surface area contributed by atoms with Crippen molar-refractivity contribution < 1.29 is 23.8 Å². The molecular weight excluding hydrogens is 348 g/mol. The Balaban J connectivity index is 2.27. The predicted molar refractivity (Wildman–Crippen MR) is 103 cm³/mol. The van der Waals surface area contributed by atoms with E-state index in [1.807, 2.05) is 33.8 Å². The molecule has 1 unspecified atom stereocenters. The number of hydrogen-bond acceptors (Lipinski definition) is 5.